The van der Waals surface area contributed by atoms with Gasteiger partial charge in [0.2, 0.25) is 17.7 Å². The average Bonchev–Trinajstić information content (AvgIpc) is 3.43. The average molecular weight is 553 g/mol. The Hall–Kier alpha value is -4.91. The second-order valence-corrected chi connectivity index (χ2v) is 9.32. The van der Waals surface area contributed by atoms with Gasteiger partial charge in [0.1, 0.15) is 29.6 Å². The number of rotatable bonds is 13. The molecule has 0 aliphatic heterocycles. The number of carbonyl (C=O) groups excluding carboxylic acids is 3. The second kappa shape index (κ2) is 13.8. The van der Waals surface area contributed by atoms with Crippen LogP contribution in [0.5, 0.6) is 11.5 Å². The number of phenolic OH excluding ortho intramolecular Hbond substituents is 2. The summed E-state index contributed by atoms with van der Waals surface area (Å²) in [6.07, 6.45) is 3.06. The zero-order chi connectivity index (χ0) is 29.2. The number of aromatic amines is 1. The first-order chi connectivity index (χ1) is 19.0. The van der Waals surface area contributed by atoms with Gasteiger partial charge in [0.25, 0.3) is 0 Å². The van der Waals surface area contributed by atoms with Crippen LogP contribution in [0, 0.1) is 0 Å². The third kappa shape index (κ3) is 8.84. The lowest BCUT2D eigenvalue weighted by atomic mass is 10.0. The van der Waals surface area contributed by atoms with Crippen LogP contribution in [0.4, 0.5) is 0 Å². The second-order valence-electron chi connectivity index (χ2n) is 9.32. The van der Waals surface area contributed by atoms with Gasteiger partial charge in [0, 0.05) is 31.2 Å². The summed E-state index contributed by atoms with van der Waals surface area (Å²) in [5.41, 5.74) is 7.72. The summed E-state index contributed by atoms with van der Waals surface area (Å²) in [7, 11) is 0. The first-order valence-electron chi connectivity index (χ1n) is 12.4. The van der Waals surface area contributed by atoms with E-state index in [1.165, 1.54) is 55.8 Å². The van der Waals surface area contributed by atoms with Gasteiger partial charge in [-0.2, -0.15) is 0 Å². The Bertz CT molecular complexity index is 1300. The number of aromatic nitrogens is 2. The molecule has 3 amide bonds. The predicted molar refractivity (Wildman–Crippen MR) is 143 cm³/mol. The molecule has 0 saturated heterocycles. The molecule has 13 nitrogen and oxygen atoms in total. The molecule has 1 aromatic heterocycles. The maximum absolute atomic E-state index is 13.2. The van der Waals surface area contributed by atoms with Crippen molar-refractivity contribution in [2.24, 2.45) is 5.73 Å². The van der Waals surface area contributed by atoms with Gasteiger partial charge >= 0.3 is 5.97 Å². The highest BCUT2D eigenvalue weighted by Crippen LogP contribution is 2.14. The first kappa shape index (κ1) is 29.6. The Balaban J connectivity index is 1.69. The highest BCUT2D eigenvalue weighted by Gasteiger charge is 2.29. The topological polar surface area (TPSA) is 220 Å². The van der Waals surface area contributed by atoms with Crippen molar-refractivity contribution in [3.05, 3.63) is 77.9 Å². The number of imidazole rings is 1. The number of nitrogens with one attached hydrogen (secondary N) is 4. The molecule has 0 saturated carbocycles. The zero-order valence-electron chi connectivity index (χ0n) is 21.7. The van der Waals surface area contributed by atoms with Crippen molar-refractivity contribution in [1.82, 2.24) is 25.9 Å². The Kier molecular flexibility index (Phi) is 10.2. The van der Waals surface area contributed by atoms with Crippen molar-refractivity contribution in [3.63, 3.8) is 0 Å². The van der Waals surface area contributed by atoms with E-state index in [1.54, 1.807) is 12.1 Å². The van der Waals surface area contributed by atoms with Gasteiger partial charge in [-0.05, 0) is 42.3 Å². The van der Waals surface area contributed by atoms with E-state index in [1.807, 2.05) is 0 Å². The first-order valence-corrected chi connectivity index (χ1v) is 12.4. The Morgan fingerprint density at radius 1 is 0.800 bits per heavy atom. The lowest BCUT2D eigenvalue weighted by Crippen LogP contribution is -2.57. The minimum Gasteiger partial charge on any atom is -0.508 e. The van der Waals surface area contributed by atoms with E-state index in [0.717, 1.165) is 0 Å². The van der Waals surface area contributed by atoms with Crippen LogP contribution < -0.4 is 21.7 Å². The number of aliphatic carboxylic acids is 1. The van der Waals surface area contributed by atoms with E-state index >= 15 is 0 Å². The molecule has 40 heavy (non-hydrogen) atoms. The molecule has 2 aromatic carbocycles. The smallest absolute Gasteiger partial charge is 0.326 e. The summed E-state index contributed by atoms with van der Waals surface area (Å²) in [6, 6.07) is 7.28. The summed E-state index contributed by atoms with van der Waals surface area (Å²) in [4.78, 5) is 57.3. The van der Waals surface area contributed by atoms with Crippen LogP contribution >= 0.6 is 0 Å². The number of phenols is 2. The number of carbonyl (C=O) groups is 4. The van der Waals surface area contributed by atoms with E-state index in [9.17, 15) is 34.5 Å². The Morgan fingerprint density at radius 2 is 1.32 bits per heavy atom. The fourth-order valence-corrected chi connectivity index (χ4v) is 3.83. The van der Waals surface area contributed by atoms with E-state index in [0.29, 0.717) is 16.8 Å². The number of hydrogen-bond donors (Lipinski definition) is 8. The molecular formula is C27H32N6O7. The summed E-state index contributed by atoms with van der Waals surface area (Å²) in [5.74, 6) is -3.30. The molecule has 13 heteroatoms. The van der Waals surface area contributed by atoms with Crippen LogP contribution in [0.25, 0.3) is 0 Å². The van der Waals surface area contributed by atoms with E-state index in [2.05, 4.69) is 25.9 Å². The number of carboxylic acid groups (broad SMARTS) is 1. The summed E-state index contributed by atoms with van der Waals surface area (Å²) in [5, 5.41) is 36.3. The van der Waals surface area contributed by atoms with Crippen molar-refractivity contribution >= 4 is 23.7 Å². The number of H-pyrrole nitrogens is 1. The number of carboxylic acids is 1. The number of benzene rings is 2. The molecule has 4 unspecified atom stereocenters. The van der Waals surface area contributed by atoms with Crippen molar-refractivity contribution in [1.29, 1.82) is 0 Å². The fraction of sp³-hybridized carbons (Fsp3) is 0.296. The minimum atomic E-state index is -1.33. The maximum Gasteiger partial charge on any atom is 0.326 e. The molecule has 3 rings (SSSR count). The van der Waals surface area contributed by atoms with Gasteiger partial charge in [0.05, 0.1) is 12.4 Å². The van der Waals surface area contributed by atoms with Crippen LogP contribution in [0.2, 0.25) is 0 Å². The van der Waals surface area contributed by atoms with Crippen LogP contribution in [-0.2, 0) is 38.4 Å². The largest absolute Gasteiger partial charge is 0.508 e. The Labute approximate surface area is 229 Å². The Morgan fingerprint density at radius 3 is 1.82 bits per heavy atom. The monoisotopic (exact) mass is 552 g/mol. The molecular weight excluding hydrogens is 520 g/mol. The number of nitrogens with zero attached hydrogens (tertiary/aromatic N) is 1. The van der Waals surface area contributed by atoms with Gasteiger partial charge in [-0.3, -0.25) is 14.4 Å². The standard InChI is InChI=1S/C27H32N6O7/c1-15(31-25(37)21(28)12-18-13-29-14-30-18)24(36)32-22(10-16-2-6-19(34)7-3-16)26(38)33-23(27(39)40)11-17-4-8-20(35)9-5-17/h2-9,13-15,21-23,34-35H,10-12,28H2,1H3,(H,29,30)(H,31,37)(H,32,36)(H,33,38)(H,39,40). The SMILES string of the molecule is CC(NC(=O)C(N)Cc1cnc[nH]1)C(=O)NC(Cc1ccc(O)cc1)C(=O)NC(Cc1ccc(O)cc1)C(=O)O. The summed E-state index contributed by atoms with van der Waals surface area (Å²) < 4.78 is 0. The number of amides is 3. The summed E-state index contributed by atoms with van der Waals surface area (Å²) >= 11 is 0. The third-order valence-electron chi connectivity index (χ3n) is 6.08. The molecule has 0 fully saturated rings. The van der Waals surface area contributed by atoms with Crippen molar-refractivity contribution in [2.45, 2.75) is 50.4 Å². The van der Waals surface area contributed by atoms with Gasteiger partial charge in [0.15, 0.2) is 0 Å². The van der Waals surface area contributed by atoms with Crippen molar-refractivity contribution in [3.8, 4) is 11.5 Å². The number of aromatic hydroxyl groups is 2. The van der Waals surface area contributed by atoms with Crippen LogP contribution in [0.15, 0.2) is 61.1 Å². The molecule has 212 valence electrons. The van der Waals surface area contributed by atoms with Crippen LogP contribution in [0.1, 0.15) is 23.7 Å². The lowest BCUT2D eigenvalue weighted by Gasteiger charge is -2.24. The van der Waals surface area contributed by atoms with Crippen molar-refractivity contribution < 1.29 is 34.5 Å². The molecule has 0 bridgehead atoms. The van der Waals surface area contributed by atoms with Crippen molar-refractivity contribution in [2.75, 3.05) is 0 Å². The summed E-state index contributed by atoms with van der Waals surface area (Å²) in [6.45, 7) is 1.43. The number of nitrogens with two attached hydrogens (primary N) is 1. The highest BCUT2D eigenvalue weighted by molar-refractivity contribution is 5.94. The minimum absolute atomic E-state index is 0.0106. The van der Waals surface area contributed by atoms with E-state index in [-0.39, 0.29) is 30.8 Å². The molecule has 0 radical (unpaired) electrons. The molecule has 0 aliphatic rings. The number of hydrogen-bond acceptors (Lipinski definition) is 8. The fourth-order valence-electron chi connectivity index (χ4n) is 3.83. The van der Waals surface area contributed by atoms with Crippen LogP contribution in [0.3, 0.4) is 0 Å². The molecule has 0 spiro atoms. The third-order valence-corrected chi connectivity index (χ3v) is 6.08. The normalized spacial score (nSPS) is 13.8. The predicted octanol–water partition coefficient (Wildman–Crippen LogP) is -0.265. The molecule has 1 heterocycles. The lowest BCUT2D eigenvalue weighted by molar-refractivity contribution is -0.142. The molecule has 9 N–H and O–H groups in total. The molecule has 0 aliphatic carbocycles. The van der Waals surface area contributed by atoms with Gasteiger partial charge in [-0.1, -0.05) is 24.3 Å². The van der Waals surface area contributed by atoms with Gasteiger partial charge in [-0.25, -0.2) is 9.78 Å². The van der Waals surface area contributed by atoms with E-state index < -0.39 is 47.9 Å². The van der Waals surface area contributed by atoms with Gasteiger partial charge in [-0.15, -0.1) is 0 Å². The highest BCUT2D eigenvalue weighted by atomic mass is 16.4. The quantitative estimate of drug-likeness (QED) is 0.140. The molecule has 3 aromatic rings. The zero-order valence-corrected chi connectivity index (χ0v) is 21.7. The molecule has 4 atom stereocenters. The van der Waals surface area contributed by atoms with E-state index in [4.69, 9.17) is 5.73 Å². The maximum atomic E-state index is 13.2. The van der Waals surface area contributed by atoms with Gasteiger partial charge < -0.3 is 42.0 Å². The van der Waals surface area contributed by atoms with Crippen LogP contribution in [-0.4, -0.2) is 73.1 Å².